The molecule has 2 heterocycles. The Labute approximate surface area is 126 Å². The number of nitrogens with one attached hydrogen (secondary N) is 2. The molecule has 3 aromatic rings. The molecule has 0 aliphatic rings. The van der Waals surface area contributed by atoms with E-state index in [1.807, 2.05) is 48.1 Å². The van der Waals surface area contributed by atoms with Crippen molar-refractivity contribution in [1.29, 1.82) is 5.26 Å². The number of nitrogens with zero attached hydrogens (tertiary/aromatic N) is 6. The molecule has 2 N–H and O–H groups in total. The van der Waals surface area contributed by atoms with Gasteiger partial charge in [0.1, 0.15) is 11.6 Å². The van der Waals surface area contributed by atoms with E-state index in [0.717, 1.165) is 16.9 Å². The van der Waals surface area contributed by atoms with Gasteiger partial charge in [0.05, 0.1) is 5.69 Å². The number of aryl methyl sites for hydroxylation is 1. The first-order chi connectivity index (χ1) is 10.8. The summed E-state index contributed by atoms with van der Waals surface area (Å²) in [5.74, 6) is 0.251. The number of H-pyrrole nitrogens is 1. The van der Waals surface area contributed by atoms with E-state index < -0.39 is 0 Å². The summed E-state index contributed by atoms with van der Waals surface area (Å²) in [6.07, 6.45) is 3.30. The highest BCUT2D eigenvalue weighted by atomic mass is 15.5. The maximum atomic E-state index is 9.09. The number of aromatic amines is 1. The summed E-state index contributed by atoms with van der Waals surface area (Å²) in [6.45, 7) is 0. The van der Waals surface area contributed by atoms with Crippen molar-refractivity contribution in [2.75, 3.05) is 5.32 Å². The predicted octanol–water partition coefficient (Wildman–Crippen LogP) is 1.58. The Hall–Kier alpha value is -3.47. The van der Waals surface area contributed by atoms with Gasteiger partial charge in [-0.15, -0.1) is 10.2 Å². The van der Waals surface area contributed by atoms with Crippen molar-refractivity contribution >= 4 is 11.3 Å². The third-order valence-corrected chi connectivity index (χ3v) is 3.09. The Morgan fingerprint density at radius 3 is 2.73 bits per heavy atom. The Morgan fingerprint density at radius 1 is 1.32 bits per heavy atom. The minimum absolute atomic E-state index is 0.251. The van der Waals surface area contributed by atoms with Crippen LogP contribution in [0.4, 0.5) is 5.69 Å². The SMILES string of the molecule is Cn1nccc1-c1ccc(NC=C(C#N)c2nn[nH]n2)cc1. The fourth-order valence-electron chi connectivity index (χ4n) is 1.97. The first-order valence-corrected chi connectivity index (χ1v) is 6.47. The summed E-state index contributed by atoms with van der Waals surface area (Å²) >= 11 is 0. The van der Waals surface area contributed by atoms with Crippen molar-refractivity contribution in [3.63, 3.8) is 0 Å². The third kappa shape index (κ3) is 2.69. The number of hydrogen-bond acceptors (Lipinski definition) is 6. The highest BCUT2D eigenvalue weighted by molar-refractivity contribution is 5.74. The Kier molecular flexibility index (Phi) is 3.61. The molecule has 2 aromatic heterocycles. The fourth-order valence-corrected chi connectivity index (χ4v) is 1.97. The number of nitriles is 1. The van der Waals surface area contributed by atoms with Crippen molar-refractivity contribution < 1.29 is 0 Å². The topological polar surface area (TPSA) is 108 Å². The largest absolute Gasteiger partial charge is 0.360 e. The smallest absolute Gasteiger partial charge is 0.216 e. The molecular formula is C14H12N8. The van der Waals surface area contributed by atoms with Crippen LogP contribution < -0.4 is 5.32 Å². The number of hydrogen-bond donors (Lipinski definition) is 2. The molecule has 8 heteroatoms. The molecule has 108 valence electrons. The van der Waals surface area contributed by atoms with Gasteiger partial charge in [-0.1, -0.05) is 12.1 Å². The van der Waals surface area contributed by atoms with E-state index in [9.17, 15) is 0 Å². The summed E-state index contributed by atoms with van der Waals surface area (Å²) in [7, 11) is 1.90. The molecule has 0 aliphatic heterocycles. The van der Waals surface area contributed by atoms with E-state index in [-0.39, 0.29) is 5.82 Å². The van der Waals surface area contributed by atoms with E-state index in [1.54, 1.807) is 12.4 Å². The van der Waals surface area contributed by atoms with Gasteiger partial charge in [-0.2, -0.15) is 15.6 Å². The highest BCUT2D eigenvalue weighted by Gasteiger charge is 2.05. The van der Waals surface area contributed by atoms with Gasteiger partial charge in [-0.3, -0.25) is 4.68 Å². The molecule has 0 amide bonds. The van der Waals surface area contributed by atoms with Gasteiger partial charge in [-0.05, 0) is 29.0 Å². The number of benzene rings is 1. The molecule has 0 saturated heterocycles. The lowest BCUT2D eigenvalue weighted by molar-refractivity contribution is 0.776. The third-order valence-electron chi connectivity index (χ3n) is 3.09. The van der Waals surface area contributed by atoms with Gasteiger partial charge >= 0.3 is 0 Å². The molecule has 0 radical (unpaired) electrons. The minimum atomic E-state index is 0.251. The Balaban J connectivity index is 1.77. The van der Waals surface area contributed by atoms with Crippen molar-refractivity contribution in [3.8, 4) is 17.3 Å². The van der Waals surface area contributed by atoms with Gasteiger partial charge in [0.2, 0.25) is 5.82 Å². The van der Waals surface area contributed by atoms with Crippen LogP contribution in [-0.2, 0) is 7.05 Å². The van der Waals surface area contributed by atoms with E-state index in [4.69, 9.17) is 5.26 Å². The van der Waals surface area contributed by atoms with Crippen LogP contribution >= 0.6 is 0 Å². The molecule has 0 bridgehead atoms. The summed E-state index contributed by atoms with van der Waals surface area (Å²) in [5, 5.41) is 29.6. The molecule has 3 rings (SSSR count). The van der Waals surface area contributed by atoms with Crippen molar-refractivity contribution in [2.24, 2.45) is 7.05 Å². The predicted molar refractivity (Wildman–Crippen MR) is 80.0 cm³/mol. The first kappa shape index (κ1) is 13.5. The first-order valence-electron chi connectivity index (χ1n) is 6.47. The van der Waals surface area contributed by atoms with Crippen LogP contribution in [0.3, 0.4) is 0 Å². The van der Waals surface area contributed by atoms with E-state index in [2.05, 4.69) is 31.0 Å². The molecule has 0 aliphatic carbocycles. The molecule has 0 atom stereocenters. The maximum absolute atomic E-state index is 9.09. The van der Waals surface area contributed by atoms with Crippen LogP contribution in [0.1, 0.15) is 5.82 Å². The van der Waals surface area contributed by atoms with Crippen LogP contribution in [0, 0.1) is 11.3 Å². The zero-order chi connectivity index (χ0) is 15.4. The quantitative estimate of drug-likeness (QED) is 0.707. The van der Waals surface area contributed by atoms with Gasteiger partial charge in [-0.25, -0.2) is 0 Å². The number of anilines is 1. The van der Waals surface area contributed by atoms with E-state index >= 15 is 0 Å². The lowest BCUT2D eigenvalue weighted by Crippen LogP contribution is -1.95. The van der Waals surface area contributed by atoms with E-state index in [0.29, 0.717) is 5.57 Å². The minimum Gasteiger partial charge on any atom is -0.360 e. The number of aromatic nitrogens is 6. The second-order valence-corrected chi connectivity index (χ2v) is 4.47. The van der Waals surface area contributed by atoms with Crippen molar-refractivity contribution in [3.05, 3.63) is 48.6 Å². The van der Waals surface area contributed by atoms with Gasteiger partial charge in [0, 0.05) is 25.1 Å². The summed E-state index contributed by atoms with van der Waals surface area (Å²) in [4.78, 5) is 0. The lowest BCUT2D eigenvalue weighted by atomic mass is 10.1. The van der Waals surface area contributed by atoms with Crippen LogP contribution in [0.25, 0.3) is 16.8 Å². The van der Waals surface area contributed by atoms with Gasteiger partial charge in [0.15, 0.2) is 0 Å². The molecule has 1 aromatic carbocycles. The summed E-state index contributed by atoms with van der Waals surface area (Å²) in [5.41, 5.74) is 3.24. The zero-order valence-corrected chi connectivity index (χ0v) is 11.7. The average molecular weight is 292 g/mol. The Morgan fingerprint density at radius 2 is 2.14 bits per heavy atom. The summed E-state index contributed by atoms with van der Waals surface area (Å²) < 4.78 is 1.81. The molecule has 0 spiro atoms. The van der Waals surface area contributed by atoms with Crippen molar-refractivity contribution in [1.82, 2.24) is 30.4 Å². The van der Waals surface area contributed by atoms with Crippen LogP contribution in [0.5, 0.6) is 0 Å². The Bertz CT molecular complexity index is 821. The van der Waals surface area contributed by atoms with E-state index in [1.165, 1.54) is 0 Å². The fraction of sp³-hybridized carbons (Fsp3) is 0.0714. The number of tetrazole rings is 1. The number of rotatable bonds is 4. The highest BCUT2D eigenvalue weighted by Crippen LogP contribution is 2.20. The van der Waals surface area contributed by atoms with Crippen LogP contribution in [-0.4, -0.2) is 30.4 Å². The second-order valence-electron chi connectivity index (χ2n) is 4.47. The zero-order valence-electron chi connectivity index (χ0n) is 11.7. The average Bonchev–Trinajstić information content (AvgIpc) is 3.20. The normalized spacial score (nSPS) is 11.2. The molecule has 0 fully saturated rings. The van der Waals surface area contributed by atoms with Crippen LogP contribution in [0.2, 0.25) is 0 Å². The van der Waals surface area contributed by atoms with Gasteiger partial charge < -0.3 is 5.32 Å². The van der Waals surface area contributed by atoms with Crippen molar-refractivity contribution in [2.45, 2.75) is 0 Å². The molecule has 0 unspecified atom stereocenters. The maximum Gasteiger partial charge on any atom is 0.216 e. The lowest BCUT2D eigenvalue weighted by Gasteiger charge is -2.05. The standard InChI is InChI=1S/C14H12N8/c1-22-13(6-7-17-22)10-2-4-12(5-3-10)16-9-11(8-15)14-18-20-21-19-14/h2-7,9,16H,1H3,(H,18,19,20,21). The number of allylic oxidation sites excluding steroid dienone is 1. The van der Waals surface area contributed by atoms with Gasteiger partial charge in [0.25, 0.3) is 0 Å². The van der Waals surface area contributed by atoms with Crippen LogP contribution in [0.15, 0.2) is 42.7 Å². The molecule has 22 heavy (non-hydrogen) atoms. The monoisotopic (exact) mass is 292 g/mol. The summed E-state index contributed by atoms with van der Waals surface area (Å²) in [6, 6.07) is 11.8. The second kappa shape index (κ2) is 5.88. The molecular weight excluding hydrogens is 280 g/mol. The molecule has 0 saturated carbocycles. The molecule has 8 nitrogen and oxygen atoms in total.